The van der Waals surface area contributed by atoms with E-state index in [1.54, 1.807) is 0 Å². The average molecular weight is 296 g/mol. The Hall–Kier alpha value is -0.840. The van der Waals surface area contributed by atoms with E-state index >= 15 is 0 Å². The van der Waals surface area contributed by atoms with Crippen LogP contribution in [0.5, 0.6) is 0 Å². The molecule has 1 saturated carbocycles. The van der Waals surface area contributed by atoms with Crippen LogP contribution in [0, 0.1) is 0 Å². The van der Waals surface area contributed by atoms with E-state index in [-0.39, 0.29) is 0 Å². The average Bonchev–Trinajstić information content (AvgIpc) is 2.73. The highest BCUT2D eigenvalue weighted by Crippen LogP contribution is 2.39. The minimum atomic E-state index is 0.375. The van der Waals surface area contributed by atoms with Crippen molar-refractivity contribution in [1.82, 2.24) is 9.78 Å². The third kappa shape index (κ3) is 3.25. The van der Waals surface area contributed by atoms with Crippen LogP contribution in [0.4, 0.5) is 11.5 Å². The molecule has 0 aliphatic heterocycles. The molecule has 0 aromatic carbocycles. The Morgan fingerprint density at radius 3 is 2.65 bits per heavy atom. The largest absolute Gasteiger partial charge is 0.394 e. The summed E-state index contributed by atoms with van der Waals surface area (Å²) >= 11 is 2.01. The van der Waals surface area contributed by atoms with E-state index in [9.17, 15) is 0 Å². The SMILES string of the molecule is CCCc1nn(C)c(NCC2(SC)CCCCC2)c1N. The van der Waals surface area contributed by atoms with Gasteiger partial charge >= 0.3 is 0 Å². The number of aromatic nitrogens is 2. The number of nitrogens with one attached hydrogen (secondary N) is 1. The standard InChI is InChI=1S/C15H28N4S/c1-4-8-12-13(16)14(19(2)18-12)17-11-15(20-3)9-6-5-7-10-15/h17H,4-11,16H2,1-3H3. The van der Waals surface area contributed by atoms with Gasteiger partial charge in [0, 0.05) is 18.3 Å². The van der Waals surface area contributed by atoms with Crippen molar-refractivity contribution in [2.45, 2.75) is 56.6 Å². The predicted octanol–water partition coefficient (Wildman–Crippen LogP) is 3.43. The van der Waals surface area contributed by atoms with Crippen molar-refractivity contribution in [3.63, 3.8) is 0 Å². The van der Waals surface area contributed by atoms with Gasteiger partial charge in [0.2, 0.25) is 0 Å². The highest BCUT2D eigenvalue weighted by molar-refractivity contribution is 8.00. The predicted molar refractivity (Wildman–Crippen MR) is 89.4 cm³/mol. The zero-order chi connectivity index (χ0) is 14.6. The van der Waals surface area contributed by atoms with Crippen LogP contribution < -0.4 is 11.1 Å². The zero-order valence-electron chi connectivity index (χ0n) is 13.0. The first-order chi connectivity index (χ1) is 9.62. The number of nitrogen functional groups attached to an aromatic ring is 1. The van der Waals surface area contributed by atoms with E-state index in [1.165, 1.54) is 32.1 Å². The normalized spacial score (nSPS) is 18.1. The van der Waals surface area contributed by atoms with Gasteiger partial charge < -0.3 is 11.1 Å². The summed E-state index contributed by atoms with van der Waals surface area (Å²) in [4.78, 5) is 0. The number of rotatable bonds is 6. The van der Waals surface area contributed by atoms with Gasteiger partial charge in [-0.05, 0) is 25.5 Å². The number of hydrogen-bond donors (Lipinski definition) is 2. The molecule has 3 N–H and O–H groups in total. The smallest absolute Gasteiger partial charge is 0.147 e. The van der Waals surface area contributed by atoms with Crippen LogP contribution in [0.1, 0.15) is 51.1 Å². The summed E-state index contributed by atoms with van der Waals surface area (Å²) in [6, 6.07) is 0. The second kappa shape index (κ2) is 6.74. The molecule has 1 aromatic rings. The second-order valence-corrected chi connectivity index (χ2v) is 7.16. The van der Waals surface area contributed by atoms with Crippen molar-refractivity contribution >= 4 is 23.3 Å². The molecule has 4 nitrogen and oxygen atoms in total. The molecule has 2 rings (SSSR count). The van der Waals surface area contributed by atoms with Gasteiger partial charge in [-0.1, -0.05) is 32.6 Å². The molecule has 5 heteroatoms. The van der Waals surface area contributed by atoms with Gasteiger partial charge in [0.1, 0.15) is 5.82 Å². The Bertz CT molecular complexity index is 435. The summed E-state index contributed by atoms with van der Waals surface area (Å²) in [7, 11) is 1.98. The second-order valence-electron chi connectivity index (χ2n) is 5.88. The first kappa shape index (κ1) is 15.5. The Kier molecular flexibility index (Phi) is 5.24. The fourth-order valence-corrected chi connectivity index (χ4v) is 4.03. The maximum absolute atomic E-state index is 6.24. The molecule has 0 amide bonds. The van der Waals surface area contributed by atoms with Gasteiger partial charge in [0.15, 0.2) is 0 Å². The molecule has 114 valence electrons. The molecule has 0 radical (unpaired) electrons. The van der Waals surface area contributed by atoms with Gasteiger partial charge in [-0.15, -0.1) is 0 Å². The molecule has 1 aliphatic carbocycles. The monoisotopic (exact) mass is 296 g/mol. The van der Waals surface area contributed by atoms with E-state index in [0.717, 1.165) is 36.6 Å². The van der Waals surface area contributed by atoms with Crippen molar-refractivity contribution in [2.75, 3.05) is 23.9 Å². The molecule has 1 aromatic heterocycles. The fourth-order valence-electron chi connectivity index (χ4n) is 3.12. The lowest BCUT2D eigenvalue weighted by atomic mass is 9.88. The van der Waals surface area contributed by atoms with Crippen molar-refractivity contribution < 1.29 is 0 Å². The minimum Gasteiger partial charge on any atom is -0.394 e. The Morgan fingerprint density at radius 1 is 1.35 bits per heavy atom. The van der Waals surface area contributed by atoms with Crippen LogP contribution in [0.25, 0.3) is 0 Å². The quantitative estimate of drug-likeness (QED) is 0.844. The van der Waals surface area contributed by atoms with Crippen LogP contribution in [-0.2, 0) is 13.5 Å². The summed E-state index contributed by atoms with van der Waals surface area (Å²) in [5, 5.41) is 8.11. The lowest BCUT2D eigenvalue weighted by molar-refractivity contribution is 0.411. The van der Waals surface area contributed by atoms with E-state index in [4.69, 9.17) is 5.73 Å². The molecular formula is C15H28N4S. The van der Waals surface area contributed by atoms with Crippen molar-refractivity contribution in [3.8, 4) is 0 Å². The van der Waals surface area contributed by atoms with Crippen LogP contribution in [0.15, 0.2) is 0 Å². The maximum Gasteiger partial charge on any atom is 0.147 e. The fraction of sp³-hybridized carbons (Fsp3) is 0.800. The summed E-state index contributed by atoms with van der Waals surface area (Å²) in [5.41, 5.74) is 8.10. The molecule has 1 heterocycles. The first-order valence-electron chi connectivity index (χ1n) is 7.72. The van der Waals surface area contributed by atoms with E-state index < -0.39 is 0 Å². The van der Waals surface area contributed by atoms with E-state index in [2.05, 4.69) is 23.6 Å². The summed E-state index contributed by atoms with van der Waals surface area (Å²) in [6.45, 7) is 3.15. The van der Waals surface area contributed by atoms with Crippen molar-refractivity contribution in [3.05, 3.63) is 5.69 Å². The number of nitrogens with zero attached hydrogens (tertiary/aromatic N) is 2. The van der Waals surface area contributed by atoms with Crippen LogP contribution in [0.3, 0.4) is 0 Å². The third-order valence-electron chi connectivity index (χ3n) is 4.42. The lowest BCUT2D eigenvalue weighted by Crippen LogP contribution is -2.36. The molecule has 0 atom stereocenters. The number of aryl methyl sites for hydroxylation is 2. The lowest BCUT2D eigenvalue weighted by Gasteiger charge is -2.36. The number of thioether (sulfide) groups is 1. The third-order valence-corrected chi connectivity index (χ3v) is 5.84. The van der Waals surface area contributed by atoms with Crippen LogP contribution in [0.2, 0.25) is 0 Å². The zero-order valence-corrected chi connectivity index (χ0v) is 13.9. The number of anilines is 2. The minimum absolute atomic E-state index is 0.375. The van der Waals surface area contributed by atoms with Gasteiger partial charge in [0.05, 0.1) is 11.4 Å². The van der Waals surface area contributed by atoms with E-state index in [1.807, 2.05) is 23.5 Å². The van der Waals surface area contributed by atoms with E-state index in [0.29, 0.717) is 4.75 Å². The van der Waals surface area contributed by atoms with Crippen molar-refractivity contribution in [1.29, 1.82) is 0 Å². The molecule has 1 aliphatic rings. The first-order valence-corrected chi connectivity index (χ1v) is 8.95. The highest BCUT2D eigenvalue weighted by Gasteiger charge is 2.31. The van der Waals surface area contributed by atoms with Crippen LogP contribution >= 0.6 is 11.8 Å². The molecule has 0 spiro atoms. The number of nitrogens with two attached hydrogens (primary N) is 1. The molecule has 1 fully saturated rings. The maximum atomic E-state index is 6.24. The van der Waals surface area contributed by atoms with Gasteiger partial charge in [-0.2, -0.15) is 16.9 Å². The Morgan fingerprint density at radius 2 is 2.05 bits per heavy atom. The van der Waals surface area contributed by atoms with Gasteiger partial charge in [-0.25, -0.2) is 0 Å². The Balaban J connectivity index is 2.06. The van der Waals surface area contributed by atoms with Crippen molar-refractivity contribution in [2.24, 2.45) is 7.05 Å². The molecular weight excluding hydrogens is 268 g/mol. The summed E-state index contributed by atoms with van der Waals surface area (Å²) in [5.74, 6) is 0.993. The molecule has 0 bridgehead atoms. The highest BCUT2D eigenvalue weighted by atomic mass is 32.2. The number of hydrogen-bond acceptors (Lipinski definition) is 4. The molecule has 20 heavy (non-hydrogen) atoms. The molecule has 0 saturated heterocycles. The van der Waals surface area contributed by atoms with Gasteiger partial charge in [-0.3, -0.25) is 4.68 Å². The van der Waals surface area contributed by atoms with Crippen LogP contribution in [-0.4, -0.2) is 27.3 Å². The molecule has 0 unspecified atom stereocenters. The topological polar surface area (TPSA) is 55.9 Å². The van der Waals surface area contributed by atoms with Gasteiger partial charge in [0.25, 0.3) is 0 Å². The summed E-state index contributed by atoms with van der Waals surface area (Å²) in [6.07, 6.45) is 11.0. The summed E-state index contributed by atoms with van der Waals surface area (Å²) < 4.78 is 2.27. The Labute approximate surface area is 126 Å².